The van der Waals surface area contributed by atoms with Crippen LogP contribution in [-0.2, 0) is 0 Å². The predicted octanol–water partition coefficient (Wildman–Crippen LogP) is 4.35. The first-order chi connectivity index (χ1) is 9.88. The quantitative estimate of drug-likeness (QED) is 0.673. The molecule has 0 saturated carbocycles. The lowest BCUT2D eigenvalue weighted by atomic mass is 10.1. The number of nitrogens with one attached hydrogen (secondary N) is 1. The molecule has 1 atom stereocenters. The molecule has 1 N–H and O–H groups in total. The number of anilines is 1. The van der Waals surface area contributed by atoms with Crippen LogP contribution in [0.5, 0.6) is 0 Å². The van der Waals surface area contributed by atoms with Gasteiger partial charge in [-0.05, 0) is 37.1 Å². The Hall–Kier alpha value is -2.50. The molecular formula is C15H14F2N2O2. The Balaban J connectivity index is 2.21. The summed E-state index contributed by atoms with van der Waals surface area (Å²) in [6, 6.07) is 7.81. The molecule has 1 unspecified atom stereocenters. The lowest BCUT2D eigenvalue weighted by Crippen LogP contribution is -2.08. The molecule has 0 aromatic heterocycles. The second kappa shape index (κ2) is 5.87. The third-order valence-electron chi connectivity index (χ3n) is 3.23. The highest BCUT2D eigenvalue weighted by Crippen LogP contribution is 2.25. The number of rotatable bonds is 4. The molecular weight excluding hydrogens is 278 g/mol. The number of halogens is 2. The molecule has 0 saturated heterocycles. The van der Waals surface area contributed by atoms with Gasteiger partial charge in [-0.25, -0.2) is 8.78 Å². The first-order valence-corrected chi connectivity index (χ1v) is 6.35. The van der Waals surface area contributed by atoms with E-state index in [2.05, 4.69) is 5.32 Å². The fraction of sp³-hybridized carbons (Fsp3) is 0.200. The first kappa shape index (κ1) is 14.9. The van der Waals surface area contributed by atoms with Gasteiger partial charge in [0.15, 0.2) is 5.82 Å². The monoisotopic (exact) mass is 292 g/mol. The number of hydrogen-bond acceptors (Lipinski definition) is 3. The summed E-state index contributed by atoms with van der Waals surface area (Å²) in [7, 11) is 0. The van der Waals surface area contributed by atoms with Crippen molar-refractivity contribution in [2.45, 2.75) is 19.9 Å². The summed E-state index contributed by atoms with van der Waals surface area (Å²) in [5.41, 5.74) is 1.02. The fourth-order valence-corrected chi connectivity index (χ4v) is 1.93. The van der Waals surface area contributed by atoms with Crippen LogP contribution in [-0.4, -0.2) is 4.92 Å². The Kier molecular flexibility index (Phi) is 4.16. The van der Waals surface area contributed by atoms with Crippen molar-refractivity contribution in [2.75, 3.05) is 5.32 Å². The van der Waals surface area contributed by atoms with Crippen LogP contribution in [0.2, 0.25) is 0 Å². The van der Waals surface area contributed by atoms with Gasteiger partial charge in [0.1, 0.15) is 5.82 Å². The van der Waals surface area contributed by atoms with Crippen molar-refractivity contribution in [3.63, 3.8) is 0 Å². The third kappa shape index (κ3) is 3.34. The van der Waals surface area contributed by atoms with Gasteiger partial charge in [0.25, 0.3) is 5.69 Å². The van der Waals surface area contributed by atoms with E-state index < -0.39 is 10.7 Å². The van der Waals surface area contributed by atoms with Crippen molar-refractivity contribution in [3.8, 4) is 0 Å². The summed E-state index contributed by atoms with van der Waals surface area (Å²) in [6.07, 6.45) is 0. The smallest absolute Gasteiger partial charge is 0.272 e. The maximum atomic E-state index is 13.8. The van der Waals surface area contributed by atoms with Crippen LogP contribution in [0.25, 0.3) is 0 Å². The van der Waals surface area contributed by atoms with Crippen molar-refractivity contribution in [2.24, 2.45) is 0 Å². The van der Waals surface area contributed by atoms with Gasteiger partial charge < -0.3 is 5.32 Å². The Bertz CT molecular complexity index is 689. The average Bonchev–Trinajstić information content (AvgIpc) is 2.43. The van der Waals surface area contributed by atoms with Gasteiger partial charge in [0.05, 0.1) is 16.7 Å². The first-order valence-electron chi connectivity index (χ1n) is 6.35. The van der Waals surface area contributed by atoms with Gasteiger partial charge in [0, 0.05) is 12.1 Å². The number of non-ortho nitro benzene ring substituents is 1. The van der Waals surface area contributed by atoms with Crippen LogP contribution in [0.4, 0.5) is 20.2 Å². The van der Waals surface area contributed by atoms with Gasteiger partial charge in [-0.3, -0.25) is 10.1 Å². The van der Waals surface area contributed by atoms with Crippen LogP contribution < -0.4 is 5.32 Å². The highest BCUT2D eigenvalue weighted by atomic mass is 19.1. The molecule has 0 radical (unpaired) electrons. The van der Waals surface area contributed by atoms with E-state index in [9.17, 15) is 18.9 Å². The van der Waals surface area contributed by atoms with Crippen molar-refractivity contribution in [1.29, 1.82) is 0 Å². The van der Waals surface area contributed by atoms with E-state index in [1.54, 1.807) is 26.0 Å². The minimum absolute atomic E-state index is 0.133. The van der Waals surface area contributed by atoms with Crippen LogP contribution >= 0.6 is 0 Å². The largest absolute Gasteiger partial charge is 0.376 e. The molecule has 0 aliphatic heterocycles. The average molecular weight is 292 g/mol. The summed E-state index contributed by atoms with van der Waals surface area (Å²) < 4.78 is 27.3. The third-order valence-corrected chi connectivity index (χ3v) is 3.23. The molecule has 2 rings (SSSR count). The van der Waals surface area contributed by atoms with Crippen molar-refractivity contribution in [3.05, 3.63) is 69.3 Å². The fourth-order valence-electron chi connectivity index (χ4n) is 1.93. The second-order valence-electron chi connectivity index (χ2n) is 4.80. The van der Waals surface area contributed by atoms with Crippen molar-refractivity contribution < 1.29 is 13.7 Å². The Morgan fingerprint density at radius 3 is 2.43 bits per heavy atom. The van der Waals surface area contributed by atoms with E-state index in [1.165, 1.54) is 18.2 Å². The van der Waals surface area contributed by atoms with Crippen LogP contribution in [0.15, 0.2) is 36.4 Å². The molecule has 6 heteroatoms. The topological polar surface area (TPSA) is 55.2 Å². The summed E-state index contributed by atoms with van der Waals surface area (Å²) in [4.78, 5) is 9.89. The standard InChI is InChI=1S/C15H14F2N2O2/c1-9-3-4-11(7-13(9)16)10(2)18-15-6-5-12(19(20)21)8-14(15)17/h3-8,10,18H,1-2H3. The highest BCUT2D eigenvalue weighted by Gasteiger charge is 2.13. The molecule has 0 fully saturated rings. The van der Waals surface area contributed by atoms with Crippen molar-refractivity contribution >= 4 is 11.4 Å². The molecule has 0 aliphatic rings. The van der Waals surface area contributed by atoms with Gasteiger partial charge in [-0.15, -0.1) is 0 Å². The number of nitro benzene ring substituents is 1. The highest BCUT2D eigenvalue weighted by molar-refractivity contribution is 5.51. The van der Waals surface area contributed by atoms with Crippen molar-refractivity contribution in [1.82, 2.24) is 0 Å². The Morgan fingerprint density at radius 2 is 1.86 bits per heavy atom. The predicted molar refractivity (Wildman–Crippen MR) is 76.2 cm³/mol. The van der Waals surface area contributed by atoms with Gasteiger partial charge in [0.2, 0.25) is 0 Å². The normalized spacial score (nSPS) is 12.0. The van der Waals surface area contributed by atoms with Crippen LogP contribution in [0.3, 0.4) is 0 Å². The zero-order valence-electron chi connectivity index (χ0n) is 11.6. The molecule has 4 nitrogen and oxygen atoms in total. The van der Waals surface area contributed by atoms with E-state index in [1.807, 2.05) is 0 Å². The van der Waals surface area contributed by atoms with E-state index in [0.29, 0.717) is 11.1 Å². The summed E-state index contributed by atoms with van der Waals surface area (Å²) >= 11 is 0. The van der Waals surface area contributed by atoms with E-state index in [0.717, 1.165) is 6.07 Å². The van der Waals surface area contributed by atoms with E-state index in [4.69, 9.17) is 0 Å². The lowest BCUT2D eigenvalue weighted by molar-refractivity contribution is -0.385. The molecule has 0 amide bonds. The molecule has 2 aromatic carbocycles. The van der Waals surface area contributed by atoms with Gasteiger partial charge >= 0.3 is 0 Å². The maximum absolute atomic E-state index is 13.8. The van der Waals surface area contributed by atoms with Gasteiger partial charge in [-0.2, -0.15) is 0 Å². The number of benzene rings is 2. The maximum Gasteiger partial charge on any atom is 0.272 e. The SMILES string of the molecule is Cc1ccc(C(C)Nc2ccc([N+](=O)[O-])cc2F)cc1F. The lowest BCUT2D eigenvalue weighted by Gasteiger charge is -2.16. The summed E-state index contributed by atoms with van der Waals surface area (Å²) in [5.74, 6) is -1.05. The Labute approximate surface area is 120 Å². The Morgan fingerprint density at radius 1 is 1.14 bits per heavy atom. The van der Waals surface area contributed by atoms with E-state index >= 15 is 0 Å². The van der Waals surface area contributed by atoms with Gasteiger partial charge in [-0.1, -0.05) is 12.1 Å². The molecule has 110 valence electrons. The minimum Gasteiger partial charge on any atom is -0.376 e. The molecule has 0 spiro atoms. The number of hydrogen-bond donors (Lipinski definition) is 1. The van der Waals surface area contributed by atoms with Crippen LogP contribution in [0, 0.1) is 28.7 Å². The zero-order valence-corrected chi connectivity index (χ0v) is 11.6. The zero-order chi connectivity index (χ0) is 15.6. The summed E-state index contributed by atoms with van der Waals surface area (Å²) in [5, 5.41) is 13.4. The minimum atomic E-state index is -0.719. The second-order valence-corrected chi connectivity index (χ2v) is 4.80. The number of nitro groups is 1. The molecule has 0 aliphatic carbocycles. The van der Waals surface area contributed by atoms with Crippen LogP contribution in [0.1, 0.15) is 24.1 Å². The number of aryl methyl sites for hydroxylation is 1. The molecule has 0 bridgehead atoms. The van der Waals surface area contributed by atoms with E-state index in [-0.39, 0.29) is 23.2 Å². The molecule has 21 heavy (non-hydrogen) atoms. The summed E-state index contributed by atoms with van der Waals surface area (Å²) in [6.45, 7) is 3.41. The molecule has 0 heterocycles. The molecule has 2 aromatic rings. The number of nitrogens with zero attached hydrogens (tertiary/aromatic N) is 1.